The molecule has 0 aliphatic rings. The Hall–Kier alpha value is -1.76. The van der Waals surface area contributed by atoms with Gasteiger partial charge in [0, 0.05) is 26.5 Å². The summed E-state index contributed by atoms with van der Waals surface area (Å²) in [6, 6.07) is 1.77. The molecule has 0 bridgehead atoms. The lowest BCUT2D eigenvalue weighted by atomic mass is 10.3. The van der Waals surface area contributed by atoms with E-state index in [-0.39, 0.29) is 0 Å². The smallest absolute Gasteiger partial charge is 0.226 e. The third-order valence-corrected chi connectivity index (χ3v) is 1.28. The van der Waals surface area contributed by atoms with Crippen molar-refractivity contribution in [3.8, 4) is 0 Å². The maximum Gasteiger partial charge on any atom is 0.226 e. The summed E-state index contributed by atoms with van der Waals surface area (Å²) in [6.45, 7) is 6.91. The van der Waals surface area contributed by atoms with Gasteiger partial charge in [-0.25, -0.2) is 4.85 Å². The van der Waals surface area contributed by atoms with E-state index in [1.54, 1.807) is 18.5 Å². The molecule has 0 radical (unpaired) electrons. The molecule has 0 fully saturated rings. The SMILES string of the molecule is [C-]#[N+]/C(=C\N(C)C)c1ccn[nH]1. The van der Waals surface area contributed by atoms with Gasteiger partial charge in [-0.1, -0.05) is 0 Å². The van der Waals surface area contributed by atoms with Crippen LogP contribution >= 0.6 is 0 Å². The molecule has 62 valence electrons. The Morgan fingerprint density at radius 2 is 2.50 bits per heavy atom. The van der Waals surface area contributed by atoms with E-state index in [0.29, 0.717) is 5.70 Å². The molecular formula is C8H10N4. The highest BCUT2D eigenvalue weighted by molar-refractivity contribution is 5.67. The number of rotatable bonds is 2. The molecule has 0 atom stereocenters. The summed E-state index contributed by atoms with van der Waals surface area (Å²) in [4.78, 5) is 5.20. The lowest BCUT2D eigenvalue weighted by molar-refractivity contribution is 0.566. The fourth-order valence-corrected chi connectivity index (χ4v) is 0.802. The summed E-state index contributed by atoms with van der Waals surface area (Å²) in [5, 5.41) is 6.51. The highest BCUT2D eigenvalue weighted by Gasteiger charge is 2.01. The molecule has 0 saturated carbocycles. The summed E-state index contributed by atoms with van der Waals surface area (Å²) < 4.78 is 0. The molecule has 0 spiro atoms. The predicted molar refractivity (Wildman–Crippen MR) is 46.9 cm³/mol. The Balaban J connectivity index is 2.93. The van der Waals surface area contributed by atoms with Crippen LogP contribution in [0.5, 0.6) is 0 Å². The first-order valence-corrected chi connectivity index (χ1v) is 3.49. The molecular weight excluding hydrogens is 152 g/mol. The Kier molecular flexibility index (Phi) is 2.49. The minimum Gasteiger partial charge on any atom is -0.393 e. The Morgan fingerprint density at radius 3 is 2.92 bits per heavy atom. The van der Waals surface area contributed by atoms with Gasteiger partial charge in [0.25, 0.3) is 0 Å². The zero-order chi connectivity index (χ0) is 8.97. The number of nitrogens with zero attached hydrogens (tertiary/aromatic N) is 3. The minimum absolute atomic E-state index is 0.567. The standard InChI is InChI=1S/C8H10N4/c1-9-8(6-12(2)3)7-4-5-10-11-7/h4-6H,2-3H3,(H,10,11)/b8-6-. The molecule has 1 N–H and O–H groups in total. The highest BCUT2D eigenvalue weighted by Crippen LogP contribution is 2.11. The van der Waals surface area contributed by atoms with Crippen LogP contribution in [-0.4, -0.2) is 29.2 Å². The number of hydrogen-bond acceptors (Lipinski definition) is 2. The van der Waals surface area contributed by atoms with E-state index >= 15 is 0 Å². The van der Waals surface area contributed by atoms with E-state index in [4.69, 9.17) is 6.57 Å². The molecule has 0 aromatic carbocycles. The van der Waals surface area contributed by atoms with E-state index in [0.717, 1.165) is 5.69 Å². The van der Waals surface area contributed by atoms with Crippen molar-refractivity contribution in [2.75, 3.05) is 14.1 Å². The maximum atomic E-state index is 6.91. The van der Waals surface area contributed by atoms with Gasteiger partial charge in [0.2, 0.25) is 5.70 Å². The van der Waals surface area contributed by atoms with Crippen LogP contribution in [0, 0.1) is 6.57 Å². The molecule has 0 saturated heterocycles. The van der Waals surface area contributed by atoms with Crippen LogP contribution in [-0.2, 0) is 0 Å². The van der Waals surface area contributed by atoms with Crippen molar-refractivity contribution >= 4 is 5.70 Å². The molecule has 4 heteroatoms. The number of nitrogens with one attached hydrogen (secondary N) is 1. The summed E-state index contributed by atoms with van der Waals surface area (Å²) >= 11 is 0. The fourth-order valence-electron chi connectivity index (χ4n) is 0.802. The van der Waals surface area contributed by atoms with E-state index < -0.39 is 0 Å². The van der Waals surface area contributed by atoms with Crippen LogP contribution in [0.15, 0.2) is 18.5 Å². The maximum absolute atomic E-state index is 6.91. The lowest BCUT2D eigenvalue weighted by Crippen LogP contribution is -2.01. The van der Waals surface area contributed by atoms with Crippen LogP contribution in [0.25, 0.3) is 10.5 Å². The second-order valence-electron chi connectivity index (χ2n) is 2.56. The third-order valence-electron chi connectivity index (χ3n) is 1.28. The summed E-state index contributed by atoms with van der Waals surface area (Å²) in [5.41, 5.74) is 1.32. The van der Waals surface area contributed by atoms with Crippen molar-refractivity contribution in [2.24, 2.45) is 0 Å². The van der Waals surface area contributed by atoms with Gasteiger partial charge in [0.15, 0.2) is 0 Å². The fraction of sp³-hybridized carbons (Fsp3) is 0.250. The molecule has 1 aromatic heterocycles. The molecule has 1 heterocycles. The quantitative estimate of drug-likeness (QED) is 0.663. The van der Waals surface area contributed by atoms with Gasteiger partial charge < -0.3 is 4.90 Å². The van der Waals surface area contributed by atoms with Crippen LogP contribution in [0.1, 0.15) is 5.69 Å². The molecule has 12 heavy (non-hydrogen) atoms. The molecule has 1 rings (SSSR count). The Morgan fingerprint density at radius 1 is 1.75 bits per heavy atom. The molecule has 0 amide bonds. The first-order valence-electron chi connectivity index (χ1n) is 3.49. The average Bonchev–Trinajstić information content (AvgIpc) is 2.51. The second kappa shape index (κ2) is 3.58. The van der Waals surface area contributed by atoms with Crippen molar-refractivity contribution in [3.63, 3.8) is 0 Å². The lowest BCUT2D eigenvalue weighted by Gasteiger charge is -2.04. The van der Waals surface area contributed by atoms with Gasteiger partial charge >= 0.3 is 0 Å². The van der Waals surface area contributed by atoms with Gasteiger partial charge in [-0.2, -0.15) is 5.10 Å². The van der Waals surface area contributed by atoms with Gasteiger partial charge in [-0.05, 0) is 6.07 Å². The predicted octanol–water partition coefficient (Wildman–Crippen LogP) is 1.19. The largest absolute Gasteiger partial charge is 0.393 e. The molecule has 0 unspecified atom stereocenters. The monoisotopic (exact) mass is 162 g/mol. The highest BCUT2D eigenvalue weighted by atomic mass is 15.1. The van der Waals surface area contributed by atoms with Crippen molar-refractivity contribution in [1.29, 1.82) is 0 Å². The second-order valence-corrected chi connectivity index (χ2v) is 2.56. The molecule has 0 aliphatic heterocycles. The van der Waals surface area contributed by atoms with Crippen LogP contribution in [0.3, 0.4) is 0 Å². The van der Waals surface area contributed by atoms with Gasteiger partial charge in [-0.15, -0.1) is 0 Å². The van der Waals surface area contributed by atoms with Crippen LogP contribution < -0.4 is 0 Å². The van der Waals surface area contributed by atoms with Crippen molar-refractivity contribution in [1.82, 2.24) is 15.1 Å². The van der Waals surface area contributed by atoms with Crippen molar-refractivity contribution in [3.05, 3.63) is 35.6 Å². The summed E-state index contributed by atoms with van der Waals surface area (Å²) in [5.74, 6) is 0. The molecule has 1 aromatic rings. The number of H-pyrrole nitrogens is 1. The van der Waals surface area contributed by atoms with Gasteiger partial charge in [0.05, 0.1) is 12.3 Å². The minimum atomic E-state index is 0.567. The topological polar surface area (TPSA) is 36.3 Å². The zero-order valence-electron chi connectivity index (χ0n) is 7.07. The van der Waals surface area contributed by atoms with E-state index in [1.807, 2.05) is 19.0 Å². The number of hydrogen-bond donors (Lipinski definition) is 1. The van der Waals surface area contributed by atoms with E-state index in [9.17, 15) is 0 Å². The van der Waals surface area contributed by atoms with E-state index in [1.165, 1.54) is 0 Å². The van der Waals surface area contributed by atoms with Gasteiger partial charge in [-0.3, -0.25) is 5.10 Å². The van der Waals surface area contributed by atoms with Crippen LogP contribution in [0.2, 0.25) is 0 Å². The number of aromatic nitrogens is 2. The van der Waals surface area contributed by atoms with Gasteiger partial charge in [0.1, 0.15) is 0 Å². The molecule has 0 aliphatic carbocycles. The Bertz CT molecular complexity index is 302. The van der Waals surface area contributed by atoms with E-state index in [2.05, 4.69) is 15.0 Å². The Labute approximate surface area is 71.3 Å². The summed E-state index contributed by atoms with van der Waals surface area (Å²) in [6.07, 6.45) is 3.38. The summed E-state index contributed by atoms with van der Waals surface area (Å²) in [7, 11) is 3.75. The number of aromatic amines is 1. The molecule has 4 nitrogen and oxygen atoms in total. The van der Waals surface area contributed by atoms with Crippen molar-refractivity contribution < 1.29 is 0 Å². The normalized spacial score (nSPS) is 10.9. The third kappa shape index (κ3) is 1.86. The average molecular weight is 162 g/mol. The van der Waals surface area contributed by atoms with Crippen molar-refractivity contribution in [2.45, 2.75) is 0 Å². The zero-order valence-corrected chi connectivity index (χ0v) is 7.07. The first kappa shape index (κ1) is 8.34. The van der Waals surface area contributed by atoms with Crippen LogP contribution in [0.4, 0.5) is 0 Å². The first-order chi connectivity index (χ1) is 5.74.